The third-order valence-electron chi connectivity index (χ3n) is 4.95. The molecule has 0 bridgehead atoms. The second-order valence-electron chi connectivity index (χ2n) is 7.03. The molecule has 2 amide bonds. The van der Waals surface area contributed by atoms with Crippen LogP contribution in [0.25, 0.3) is 10.8 Å². The van der Waals surface area contributed by atoms with Crippen molar-refractivity contribution >= 4 is 32.6 Å². The number of nitrogens with one attached hydrogen (secondary N) is 2. The summed E-state index contributed by atoms with van der Waals surface area (Å²) in [6.45, 7) is 3.73. The summed E-state index contributed by atoms with van der Waals surface area (Å²) in [4.78, 5) is 24.2. The first-order valence-corrected chi connectivity index (χ1v) is 11.2. The number of fused-ring (bicyclic) bond motifs is 1. The molecule has 8 heteroatoms. The van der Waals surface area contributed by atoms with E-state index in [1.165, 1.54) is 10.4 Å². The Balaban J connectivity index is 1.77. The number of carbonyl (C=O) groups excluding carboxylic acids is 2. The van der Waals surface area contributed by atoms with Crippen molar-refractivity contribution in [2.45, 2.75) is 18.9 Å². The molecule has 29 heavy (non-hydrogen) atoms. The van der Waals surface area contributed by atoms with E-state index in [9.17, 15) is 18.0 Å². The molecule has 1 aliphatic heterocycles. The van der Waals surface area contributed by atoms with Gasteiger partial charge in [-0.1, -0.05) is 43.0 Å². The Morgan fingerprint density at radius 2 is 1.90 bits per heavy atom. The average Bonchev–Trinajstić information content (AvgIpc) is 2.72. The highest BCUT2D eigenvalue weighted by molar-refractivity contribution is 7.89. The van der Waals surface area contributed by atoms with Crippen LogP contribution >= 0.6 is 0 Å². The van der Waals surface area contributed by atoms with Crippen molar-refractivity contribution < 1.29 is 18.0 Å². The molecule has 0 aromatic heterocycles. The fraction of sp³-hybridized carbons (Fsp3) is 0.333. The van der Waals surface area contributed by atoms with Crippen LogP contribution in [0.3, 0.4) is 0 Å². The minimum absolute atomic E-state index is 0.0732. The molecule has 0 aliphatic carbocycles. The SMILES string of the molecule is C=CC(=O)NCC(NC(=O)CN1CCCCS1(=O)=O)c1ccc2ccccc2c1. The number of rotatable bonds is 7. The van der Waals surface area contributed by atoms with Gasteiger partial charge in [-0.25, -0.2) is 8.42 Å². The van der Waals surface area contributed by atoms with E-state index in [2.05, 4.69) is 17.2 Å². The van der Waals surface area contributed by atoms with Gasteiger partial charge in [-0.05, 0) is 41.3 Å². The van der Waals surface area contributed by atoms with Gasteiger partial charge in [0.25, 0.3) is 0 Å². The molecule has 0 radical (unpaired) electrons. The van der Waals surface area contributed by atoms with Crippen molar-refractivity contribution in [3.8, 4) is 0 Å². The topological polar surface area (TPSA) is 95.6 Å². The van der Waals surface area contributed by atoms with Gasteiger partial charge in [0.1, 0.15) is 0 Å². The zero-order chi connectivity index (χ0) is 20.9. The molecule has 1 fully saturated rings. The van der Waals surface area contributed by atoms with Gasteiger partial charge in [0.15, 0.2) is 0 Å². The number of hydrogen-bond donors (Lipinski definition) is 2. The molecular weight excluding hydrogens is 390 g/mol. The number of nitrogens with zero attached hydrogens (tertiary/aromatic N) is 1. The van der Waals surface area contributed by atoms with Gasteiger partial charge in [-0.2, -0.15) is 4.31 Å². The number of carbonyl (C=O) groups is 2. The predicted octanol–water partition coefficient (Wildman–Crippen LogP) is 1.72. The first kappa shape index (κ1) is 21.0. The molecule has 1 atom stereocenters. The Morgan fingerprint density at radius 3 is 2.62 bits per heavy atom. The molecule has 2 aromatic rings. The van der Waals surface area contributed by atoms with Gasteiger partial charge in [-0.15, -0.1) is 0 Å². The van der Waals surface area contributed by atoms with Crippen LogP contribution in [0.5, 0.6) is 0 Å². The van der Waals surface area contributed by atoms with Crippen LogP contribution in [0.1, 0.15) is 24.4 Å². The van der Waals surface area contributed by atoms with Crippen molar-refractivity contribution in [2.75, 3.05) is 25.4 Å². The third kappa shape index (κ3) is 5.42. The van der Waals surface area contributed by atoms with E-state index in [0.29, 0.717) is 13.0 Å². The molecule has 1 heterocycles. The maximum Gasteiger partial charge on any atom is 0.243 e. The maximum absolute atomic E-state index is 12.6. The zero-order valence-corrected chi connectivity index (χ0v) is 17.0. The highest BCUT2D eigenvalue weighted by Gasteiger charge is 2.28. The van der Waals surface area contributed by atoms with E-state index in [4.69, 9.17) is 0 Å². The normalized spacial score (nSPS) is 17.4. The van der Waals surface area contributed by atoms with Crippen LogP contribution in [-0.2, 0) is 19.6 Å². The van der Waals surface area contributed by atoms with Crippen molar-refractivity contribution in [1.29, 1.82) is 0 Å². The van der Waals surface area contributed by atoms with Crippen LogP contribution in [-0.4, -0.2) is 49.9 Å². The van der Waals surface area contributed by atoms with Gasteiger partial charge in [0.05, 0.1) is 18.3 Å². The van der Waals surface area contributed by atoms with E-state index < -0.39 is 22.0 Å². The Morgan fingerprint density at radius 1 is 1.14 bits per heavy atom. The lowest BCUT2D eigenvalue weighted by atomic mass is 10.0. The van der Waals surface area contributed by atoms with E-state index in [-0.39, 0.29) is 24.7 Å². The van der Waals surface area contributed by atoms with Gasteiger partial charge < -0.3 is 10.6 Å². The molecule has 7 nitrogen and oxygen atoms in total. The Kier molecular flexibility index (Phi) is 6.66. The standard InChI is InChI=1S/C21H25N3O4S/c1-2-20(25)22-14-19(18-10-9-16-7-3-4-8-17(16)13-18)23-21(26)15-24-11-5-6-12-29(24,27)28/h2-4,7-10,13,19H,1,5-6,11-12,14-15H2,(H,22,25)(H,23,26). The third-order valence-corrected chi connectivity index (χ3v) is 6.85. The molecule has 1 aliphatic rings. The quantitative estimate of drug-likeness (QED) is 0.673. The molecule has 0 spiro atoms. The second-order valence-corrected chi connectivity index (χ2v) is 9.12. The average molecular weight is 416 g/mol. The summed E-state index contributed by atoms with van der Waals surface area (Å²) >= 11 is 0. The number of hydrogen-bond acceptors (Lipinski definition) is 4. The first-order valence-electron chi connectivity index (χ1n) is 9.55. The van der Waals surface area contributed by atoms with Crippen molar-refractivity contribution in [3.05, 3.63) is 60.7 Å². The van der Waals surface area contributed by atoms with Crippen LogP contribution in [0.2, 0.25) is 0 Å². The first-order chi connectivity index (χ1) is 13.9. The summed E-state index contributed by atoms with van der Waals surface area (Å²) in [5, 5.41) is 7.65. The molecule has 3 rings (SSSR count). The van der Waals surface area contributed by atoms with Crippen LogP contribution < -0.4 is 10.6 Å². The van der Waals surface area contributed by atoms with Crippen LogP contribution in [0.4, 0.5) is 0 Å². The minimum Gasteiger partial charge on any atom is -0.350 e. The summed E-state index contributed by atoms with van der Waals surface area (Å²) in [5.74, 6) is -0.672. The van der Waals surface area contributed by atoms with Crippen molar-refractivity contribution in [2.24, 2.45) is 0 Å². The summed E-state index contributed by atoms with van der Waals surface area (Å²) in [6, 6.07) is 13.2. The van der Waals surface area contributed by atoms with Crippen LogP contribution in [0.15, 0.2) is 55.1 Å². The zero-order valence-electron chi connectivity index (χ0n) is 16.1. The van der Waals surface area contributed by atoms with Gasteiger partial charge in [-0.3, -0.25) is 9.59 Å². The molecule has 1 saturated heterocycles. The summed E-state index contributed by atoms with van der Waals surface area (Å²) in [7, 11) is -3.39. The van der Waals surface area contributed by atoms with E-state index in [1.54, 1.807) is 0 Å². The number of benzene rings is 2. The monoisotopic (exact) mass is 415 g/mol. The molecule has 2 aromatic carbocycles. The van der Waals surface area contributed by atoms with Gasteiger partial charge in [0.2, 0.25) is 21.8 Å². The summed E-state index contributed by atoms with van der Waals surface area (Å²) in [5.41, 5.74) is 0.822. The number of amides is 2. The Bertz CT molecular complexity index is 1020. The van der Waals surface area contributed by atoms with E-state index in [0.717, 1.165) is 22.8 Å². The lowest BCUT2D eigenvalue weighted by molar-refractivity contribution is -0.122. The number of sulfonamides is 1. The molecular formula is C21H25N3O4S. The lowest BCUT2D eigenvalue weighted by Gasteiger charge is -2.27. The maximum atomic E-state index is 12.6. The molecule has 1 unspecified atom stereocenters. The Hall–Kier alpha value is -2.71. The molecule has 0 saturated carbocycles. The molecule has 2 N–H and O–H groups in total. The van der Waals surface area contributed by atoms with Gasteiger partial charge in [0, 0.05) is 13.1 Å². The highest BCUT2D eigenvalue weighted by atomic mass is 32.2. The lowest BCUT2D eigenvalue weighted by Crippen LogP contribution is -2.46. The summed E-state index contributed by atoms with van der Waals surface area (Å²) < 4.78 is 25.5. The van der Waals surface area contributed by atoms with Crippen molar-refractivity contribution in [3.63, 3.8) is 0 Å². The van der Waals surface area contributed by atoms with Crippen molar-refractivity contribution in [1.82, 2.24) is 14.9 Å². The highest BCUT2D eigenvalue weighted by Crippen LogP contribution is 2.21. The predicted molar refractivity (Wildman–Crippen MR) is 113 cm³/mol. The van der Waals surface area contributed by atoms with E-state index >= 15 is 0 Å². The minimum atomic E-state index is -3.39. The Labute approximate surface area is 170 Å². The fourth-order valence-electron chi connectivity index (χ4n) is 3.37. The summed E-state index contributed by atoms with van der Waals surface area (Å²) in [6.07, 6.45) is 2.53. The van der Waals surface area contributed by atoms with Crippen LogP contribution in [0, 0.1) is 0 Å². The van der Waals surface area contributed by atoms with E-state index in [1.807, 2.05) is 42.5 Å². The van der Waals surface area contributed by atoms with Gasteiger partial charge >= 0.3 is 0 Å². The second kappa shape index (κ2) is 9.19. The fourth-order valence-corrected chi connectivity index (χ4v) is 4.92. The smallest absolute Gasteiger partial charge is 0.243 e. The largest absolute Gasteiger partial charge is 0.350 e. The molecule has 154 valence electrons.